The zero-order valence-corrected chi connectivity index (χ0v) is 21.4. The summed E-state index contributed by atoms with van der Waals surface area (Å²) < 4.78 is 68.1. The number of halogens is 3. The molecule has 0 saturated carbocycles. The minimum Gasteiger partial charge on any atom is -0.442 e. The highest BCUT2D eigenvalue weighted by molar-refractivity contribution is 7.90. The van der Waals surface area contributed by atoms with Crippen LogP contribution in [0, 0.1) is 5.92 Å². The lowest BCUT2D eigenvalue weighted by Gasteiger charge is -2.38. The van der Waals surface area contributed by atoms with E-state index >= 15 is 0 Å². The van der Waals surface area contributed by atoms with Gasteiger partial charge in [-0.05, 0) is 31.9 Å². The van der Waals surface area contributed by atoms with Crippen LogP contribution >= 0.6 is 0 Å². The number of alkyl halides is 3. The molecule has 3 aromatic rings. The Hall–Kier alpha value is -2.77. The molecule has 0 bridgehead atoms. The van der Waals surface area contributed by atoms with Gasteiger partial charge in [0.25, 0.3) is 0 Å². The second-order valence-corrected chi connectivity index (χ2v) is 11.9. The van der Waals surface area contributed by atoms with E-state index in [1.807, 2.05) is 18.4 Å². The van der Waals surface area contributed by atoms with Crippen LogP contribution in [0.5, 0.6) is 0 Å². The van der Waals surface area contributed by atoms with E-state index < -0.39 is 38.9 Å². The SMILES string of the molecule is CC(C)[C@@H]1c2nc3cc(C[OH2+])c(S(C)(=O)=O)cc3n2CCN1c1ncc(C(C)(C)O)c(C(F)(F)F)n1. The number of hydrogen-bond acceptors (Lipinski definition) is 7. The largest absolute Gasteiger partial charge is 0.442 e. The van der Waals surface area contributed by atoms with Crippen molar-refractivity contribution in [2.45, 2.75) is 63.6 Å². The molecule has 4 rings (SSSR count). The average molecular weight is 529 g/mol. The third-order valence-electron chi connectivity index (χ3n) is 6.31. The molecule has 0 spiro atoms. The maximum atomic E-state index is 13.9. The number of imidazole rings is 1. The highest BCUT2D eigenvalue weighted by Gasteiger charge is 2.42. The Morgan fingerprint density at radius 1 is 1.19 bits per heavy atom. The van der Waals surface area contributed by atoms with Crippen molar-refractivity contribution in [3.63, 3.8) is 0 Å². The second kappa shape index (κ2) is 8.67. The van der Waals surface area contributed by atoms with Crippen molar-refractivity contribution >= 4 is 26.8 Å². The fraction of sp³-hybridized carbons (Fsp3) is 0.522. The number of rotatable bonds is 5. The van der Waals surface area contributed by atoms with E-state index in [1.54, 1.807) is 11.0 Å². The summed E-state index contributed by atoms with van der Waals surface area (Å²) in [6, 6.07) is 2.61. The van der Waals surface area contributed by atoms with Gasteiger partial charge in [0.1, 0.15) is 5.82 Å². The lowest BCUT2D eigenvalue weighted by Crippen LogP contribution is -2.42. The molecule has 3 heterocycles. The van der Waals surface area contributed by atoms with E-state index in [0.717, 1.165) is 12.5 Å². The molecule has 196 valence electrons. The third kappa shape index (κ3) is 4.55. The molecule has 0 saturated heterocycles. The van der Waals surface area contributed by atoms with Crippen LogP contribution in [0.2, 0.25) is 0 Å². The normalized spacial score (nSPS) is 17.2. The standard InChI is InChI=1S/C23H28F3N5O4S/c1-12(2)18-20-28-15-8-13(11-32)17(36(5,34)35)9-16(15)30(20)6-7-31(18)21-27-10-14(22(3,4)33)19(29-21)23(24,25)26/h8-10,12,18,32-33H,6-7,11H2,1-5H3/p+1/t18-/m1/s1. The number of fused-ring (bicyclic) bond motifs is 3. The van der Waals surface area contributed by atoms with Gasteiger partial charge in [-0.3, -0.25) is 0 Å². The van der Waals surface area contributed by atoms with Gasteiger partial charge in [-0.1, -0.05) is 13.8 Å². The predicted octanol–water partition coefficient (Wildman–Crippen LogP) is 2.92. The molecule has 3 N–H and O–H groups in total. The van der Waals surface area contributed by atoms with Crippen molar-refractivity contribution in [2.75, 3.05) is 17.7 Å². The van der Waals surface area contributed by atoms with Crippen molar-refractivity contribution in [1.82, 2.24) is 19.5 Å². The van der Waals surface area contributed by atoms with E-state index in [4.69, 9.17) is 10.1 Å². The summed E-state index contributed by atoms with van der Waals surface area (Å²) in [5.74, 6) is 0.311. The Morgan fingerprint density at radius 2 is 1.86 bits per heavy atom. The molecular weight excluding hydrogens is 499 g/mol. The highest BCUT2D eigenvalue weighted by Crippen LogP contribution is 2.40. The summed E-state index contributed by atoms with van der Waals surface area (Å²) >= 11 is 0. The minimum atomic E-state index is -4.79. The Bertz CT molecular complexity index is 1430. The Labute approximate surface area is 206 Å². The number of benzene rings is 1. The fourth-order valence-electron chi connectivity index (χ4n) is 4.70. The van der Waals surface area contributed by atoms with Gasteiger partial charge < -0.3 is 19.7 Å². The summed E-state index contributed by atoms with van der Waals surface area (Å²) in [6.07, 6.45) is -2.69. The zero-order chi connectivity index (χ0) is 26.8. The van der Waals surface area contributed by atoms with Gasteiger partial charge in [0.15, 0.2) is 22.1 Å². The number of anilines is 1. The molecule has 1 atom stereocenters. The van der Waals surface area contributed by atoms with Crippen LogP contribution in [0.15, 0.2) is 23.2 Å². The first kappa shape index (κ1) is 26.3. The molecule has 0 radical (unpaired) electrons. The maximum absolute atomic E-state index is 13.9. The fourth-order valence-corrected chi connectivity index (χ4v) is 5.63. The van der Waals surface area contributed by atoms with Crippen molar-refractivity contribution < 1.29 is 31.8 Å². The van der Waals surface area contributed by atoms with Crippen LogP contribution < -0.4 is 4.90 Å². The van der Waals surface area contributed by atoms with E-state index in [0.29, 0.717) is 29.0 Å². The summed E-state index contributed by atoms with van der Waals surface area (Å²) in [5.41, 5.74) is -1.97. The van der Waals surface area contributed by atoms with E-state index in [1.165, 1.54) is 19.9 Å². The minimum absolute atomic E-state index is 0.0663. The number of aromatic nitrogens is 4. The number of hydrogen-bond donors (Lipinski definition) is 1. The predicted molar refractivity (Wildman–Crippen MR) is 127 cm³/mol. The van der Waals surface area contributed by atoms with Crippen LogP contribution in [0.25, 0.3) is 11.0 Å². The van der Waals surface area contributed by atoms with Gasteiger partial charge in [-0.2, -0.15) is 13.2 Å². The molecule has 36 heavy (non-hydrogen) atoms. The topological polar surface area (TPSA) is 124 Å². The van der Waals surface area contributed by atoms with Gasteiger partial charge in [0.2, 0.25) is 5.95 Å². The van der Waals surface area contributed by atoms with Crippen LogP contribution in [-0.2, 0) is 34.8 Å². The molecule has 0 unspecified atom stereocenters. The Balaban J connectivity index is 1.88. The van der Waals surface area contributed by atoms with Crippen LogP contribution in [-0.4, -0.2) is 51.0 Å². The molecule has 9 nitrogen and oxygen atoms in total. The van der Waals surface area contributed by atoms with E-state index in [2.05, 4.69) is 9.97 Å². The number of aliphatic hydroxyl groups is 1. The van der Waals surface area contributed by atoms with Crippen LogP contribution in [0.3, 0.4) is 0 Å². The average Bonchev–Trinajstić information content (AvgIpc) is 3.12. The number of sulfone groups is 1. The first-order chi connectivity index (χ1) is 16.5. The smallest absolute Gasteiger partial charge is 0.433 e. The summed E-state index contributed by atoms with van der Waals surface area (Å²) in [7, 11) is -3.58. The Morgan fingerprint density at radius 3 is 2.39 bits per heavy atom. The number of nitrogens with zero attached hydrogens (tertiary/aromatic N) is 5. The summed E-state index contributed by atoms with van der Waals surface area (Å²) in [6.45, 7) is 6.64. The van der Waals surface area contributed by atoms with Crippen LogP contribution in [0.1, 0.15) is 56.4 Å². The maximum Gasteiger partial charge on any atom is 0.433 e. The van der Waals surface area contributed by atoms with E-state index in [9.17, 15) is 26.7 Å². The summed E-state index contributed by atoms with van der Waals surface area (Å²) in [4.78, 5) is 14.5. The lowest BCUT2D eigenvalue weighted by molar-refractivity contribution is -0.144. The molecule has 1 aliphatic heterocycles. The Kier molecular flexibility index (Phi) is 6.33. The molecule has 2 aromatic heterocycles. The second-order valence-electron chi connectivity index (χ2n) is 9.89. The molecule has 1 aliphatic rings. The van der Waals surface area contributed by atoms with Crippen molar-refractivity contribution in [3.05, 3.63) is 41.0 Å². The first-order valence-electron chi connectivity index (χ1n) is 11.4. The monoisotopic (exact) mass is 528 g/mol. The van der Waals surface area contributed by atoms with E-state index in [-0.39, 0.29) is 29.9 Å². The first-order valence-corrected chi connectivity index (χ1v) is 13.2. The lowest BCUT2D eigenvalue weighted by atomic mass is 9.97. The summed E-state index contributed by atoms with van der Waals surface area (Å²) in [5, 5.41) is 18.0. The molecule has 0 aliphatic carbocycles. The van der Waals surface area contributed by atoms with Crippen molar-refractivity contribution in [2.24, 2.45) is 5.92 Å². The van der Waals surface area contributed by atoms with Gasteiger partial charge in [-0.15, -0.1) is 0 Å². The zero-order valence-electron chi connectivity index (χ0n) is 20.5. The van der Waals surface area contributed by atoms with Gasteiger partial charge in [0, 0.05) is 36.7 Å². The highest BCUT2D eigenvalue weighted by atomic mass is 32.2. The van der Waals surface area contributed by atoms with Crippen LogP contribution in [0.4, 0.5) is 19.1 Å². The quantitative estimate of drug-likeness (QED) is 0.505. The van der Waals surface area contributed by atoms with Crippen molar-refractivity contribution in [3.8, 4) is 0 Å². The molecule has 0 amide bonds. The molecule has 0 fully saturated rings. The third-order valence-corrected chi connectivity index (χ3v) is 7.49. The van der Waals surface area contributed by atoms with Gasteiger partial charge >= 0.3 is 6.18 Å². The van der Waals surface area contributed by atoms with Gasteiger partial charge in [-0.25, -0.2) is 23.4 Å². The van der Waals surface area contributed by atoms with Gasteiger partial charge in [0.05, 0.1) is 27.6 Å². The molecule has 13 heteroatoms. The van der Waals surface area contributed by atoms with Crippen molar-refractivity contribution in [1.29, 1.82) is 0 Å². The molecular formula is C23H29F3N5O4S+. The molecule has 1 aromatic carbocycles.